The quantitative estimate of drug-likeness (QED) is 0.880. The van der Waals surface area contributed by atoms with Crippen LogP contribution in [0, 0.1) is 10.5 Å². The van der Waals surface area contributed by atoms with Crippen molar-refractivity contribution in [2.75, 3.05) is 0 Å². The summed E-state index contributed by atoms with van der Waals surface area (Å²) in [5.41, 5.74) is 2.13. The average molecular weight is 328 g/mol. The van der Waals surface area contributed by atoms with Crippen molar-refractivity contribution in [2.45, 2.75) is 19.6 Å². The van der Waals surface area contributed by atoms with E-state index in [1.54, 1.807) is 10.9 Å². The minimum Gasteiger partial charge on any atom is -0.386 e. The monoisotopic (exact) mass is 328 g/mol. The number of benzene rings is 1. The zero-order valence-electron chi connectivity index (χ0n) is 8.97. The summed E-state index contributed by atoms with van der Waals surface area (Å²) in [6.45, 7) is 2.53. The van der Waals surface area contributed by atoms with Gasteiger partial charge in [0.2, 0.25) is 0 Å². The van der Waals surface area contributed by atoms with E-state index in [9.17, 15) is 5.11 Å². The second kappa shape index (κ2) is 4.97. The van der Waals surface area contributed by atoms with Gasteiger partial charge in [-0.15, -0.1) is 0 Å². The summed E-state index contributed by atoms with van der Waals surface area (Å²) in [5.74, 6) is 0. The second-order valence-electron chi connectivity index (χ2n) is 3.81. The van der Waals surface area contributed by atoms with Crippen LogP contribution in [0.2, 0.25) is 0 Å². The number of aryl methyl sites for hydroxylation is 1. The van der Waals surface area contributed by atoms with Crippen molar-refractivity contribution in [2.24, 2.45) is 0 Å². The SMILES string of the molecule is Cc1ccc(C(O)Cn2cc(I)cn2)cc1. The summed E-state index contributed by atoms with van der Waals surface area (Å²) < 4.78 is 2.83. The number of nitrogens with zero attached hydrogens (tertiary/aromatic N) is 2. The number of hydrogen-bond acceptors (Lipinski definition) is 2. The molecule has 84 valence electrons. The Hall–Kier alpha value is -0.880. The maximum Gasteiger partial charge on any atom is 0.0985 e. The van der Waals surface area contributed by atoms with Gasteiger partial charge in [-0.1, -0.05) is 29.8 Å². The third kappa shape index (κ3) is 2.82. The van der Waals surface area contributed by atoms with Crippen LogP contribution in [0.25, 0.3) is 0 Å². The van der Waals surface area contributed by atoms with Crippen LogP contribution in [-0.2, 0) is 6.54 Å². The Morgan fingerprint density at radius 1 is 1.38 bits per heavy atom. The lowest BCUT2D eigenvalue weighted by Gasteiger charge is -2.11. The van der Waals surface area contributed by atoms with E-state index < -0.39 is 6.10 Å². The van der Waals surface area contributed by atoms with E-state index in [1.807, 2.05) is 37.4 Å². The van der Waals surface area contributed by atoms with Gasteiger partial charge in [-0.2, -0.15) is 5.10 Å². The zero-order chi connectivity index (χ0) is 11.5. The topological polar surface area (TPSA) is 38.0 Å². The Labute approximate surface area is 108 Å². The molecule has 0 spiro atoms. The minimum absolute atomic E-state index is 0.492. The molecule has 0 bridgehead atoms. The zero-order valence-corrected chi connectivity index (χ0v) is 11.1. The first-order chi connectivity index (χ1) is 7.65. The molecular formula is C12H13IN2O. The van der Waals surface area contributed by atoms with Crippen molar-refractivity contribution in [1.29, 1.82) is 0 Å². The van der Waals surface area contributed by atoms with Crippen molar-refractivity contribution in [1.82, 2.24) is 9.78 Å². The van der Waals surface area contributed by atoms with Crippen LogP contribution in [0.3, 0.4) is 0 Å². The van der Waals surface area contributed by atoms with Crippen LogP contribution in [0.15, 0.2) is 36.7 Å². The highest BCUT2D eigenvalue weighted by Gasteiger charge is 2.08. The summed E-state index contributed by atoms with van der Waals surface area (Å²) in [6, 6.07) is 7.92. The fourth-order valence-electron chi connectivity index (χ4n) is 1.51. The van der Waals surface area contributed by atoms with Crippen LogP contribution in [0.4, 0.5) is 0 Å². The largest absolute Gasteiger partial charge is 0.386 e. The predicted octanol–water partition coefficient (Wildman–Crippen LogP) is 2.53. The number of aromatic nitrogens is 2. The summed E-state index contributed by atoms with van der Waals surface area (Å²) >= 11 is 2.20. The molecule has 0 saturated heterocycles. The molecule has 16 heavy (non-hydrogen) atoms. The van der Waals surface area contributed by atoms with Gasteiger partial charge in [0.15, 0.2) is 0 Å². The molecule has 0 saturated carbocycles. The number of halogens is 1. The van der Waals surface area contributed by atoms with Gasteiger partial charge in [0.05, 0.1) is 22.4 Å². The normalized spacial score (nSPS) is 12.7. The van der Waals surface area contributed by atoms with Crippen LogP contribution in [0.1, 0.15) is 17.2 Å². The molecule has 1 aromatic carbocycles. The standard InChI is InChI=1S/C12H13IN2O/c1-9-2-4-10(5-3-9)12(16)8-15-7-11(13)6-14-15/h2-7,12,16H,8H2,1H3. The highest BCUT2D eigenvalue weighted by atomic mass is 127. The van der Waals surface area contributed by atoms with Gasteiger partial charge in [0, 0.05) is 6.20 Å². The lowest BCUT2D eigenvalue weighted by molar-refractivity contribution is 0.151. The predicted molar refractivity (Wildman–Crippen MR) is 71.1 cm³/mol. The highest BCUT2D eigenvalue weighted by Crippen LogP contribution is 2.15. The van der Waals surface area contributed by atoms with Gasteiger partial charge in [-0.25, -0.2) is 0 Å². The maximum atomic E-state index is 10.0. The van der Waals surface area contributed by atoms with Crippen LogP contribution in [0.5, 0.6) is 0 Å². The molecule has 1 unspecified atom stereocenters. The first-order valence-corrected chi connectivity index (χ1v) is 6.15. The van der Waals surface area contributed by atoms with Crippen LogP contribution < -0.4 is 0 Å². The molecule has 4 heteroatoms. The molecule has 0 aliphatic heterocycles. The second-order valence-corrected chi connectivity index (χ2v) is 5.05. The van der Waals surface area contributed by atoms with E-state index >= 15 is 0 Å². The molecule has 1 atom stereocenters. The van der Waals surface area contributed by atoms with Gasteiger partial charge < -0.3 is 5.11 Å². The molecule has 2 rings (SSSR count). The van der Waals surface area contributed by atoms with E-state index in [1.165, 1.54) is 5.56 Å². The molecule has 0 fully saturated rings. The van der Waals surface area contributed by atoms with Gasteiger partial charge >= 0.3 is 0 Å². The lowest BCUT2D eigenvalue weighted by Crippen LogP contribution is -2.08. The van der Waals surface area contributed by atoms with Gasteiger partial charge in [0.1, 0.15) is 0 Å². The Balaban J connectivity index is 2.08. The molecule has 0 aliphatic carbocycles. The van der Waals surface area contributed by atoms with E-state index in [2.05, 4.69) is 27.7 Å². The molecule has 1 aromatic heterocycles. The molecule has 1 heterocycles. The number of rotatable bonds is 3. The van der Waals surface area contributed by atoms with Crippen molar-refractivity contribution in [3.05, 3.63) is 51.4 Å². The smallest absolute Gasteiger partial charge is 0.0985 e. The highest BCUT2D eigenvalue weighted by molar-refractivity contribution is 14.1. The van der Waals surface area contributed by atoms with Crippen molar-refractivity contribution < 1.29 is 5.11 Å². The first kappa shape index (κ1) is 11.6. The number of aliphatic hydroxyl groups excluding tert-OH is 1. The maximum absolute atomic E-state index is 10.0. The first-order valence-electron chi connectivity index (χ1n) is 5.08. The molecule has 0 amide bonds. The third-order valence-corrected chi connectivity index (χ3v) is 2.98. The third-order valence-electron chi connectivity index (χ3n) is 2.42. The van der Waals surface area contributed by atoms with Crippen molar-refractivity contribution >= 4 is 22.6 Å². The van der Waals surface area contributed by atoms with E-state index in [0.29, 0.717) is 6.54 Å². The minimum atomic E-state index is -0.503. The average Bonchev–Trinajstić information content (AvgIpc) is 2.65. The summed E-state index contributed by atoms with van der Waals surface area (Å²) in [6.07, 6.45) is 3.19. The molecule has 3 nitrogen and oxygen atoms in total. The Morgan fingerprint density at radius 2 is 2.06 bits per heavy atom. The summed E-state index contributed by atoms with van der Waals surface area (Å²) in [4.78, 5) is 0. The molecule has 0 radical (unpaired) electrons. The molecule has 2 aromatic rings. The Morgan fingerprint density at radius 3 is 2.62 bits per heavy atom. The van der Waals surface area contributed by atoms with Crippen molar-refractivity contribution in [3.63, 3.8) is 0 Å². The summed E-state index contributed by atoms with van der Waals surface area (Å²) in [7, 11) is 0. The number of aliphatic hydroxyl groups is 1. The summed E-state index contributed by atoms with van der Waals surface area (Å²) in [5, 5.41) is 14.2. The van der Waals surface area contributed by atoms with Crippen LogP contribution in [-0.4, -0.2) is 14.9 Å². The van der Waals surface area contributed by atoms with E-state index in [4.69, 9.17) is 0 Å². The van der Waals surface area contributed by atoms with E-state index in [-0.39, 0.29) is 0 Å². The van der Waals surface area contributed by atoms with Gasteiger partial charge in [-0.05, 0) is 35.1 Å². The number of hydrogen-bond donors (Lipinski definition) is 1. The molecule has 0 aliphatic rings. The Bertz CT molecular complexity index is 464. The van der Waals surface area contributed by atoms with Crippen LogP contribution >= 0.6 is 22.6 Å². The fourth-order valence-corrected chi connectivity index (χ4v) is 1.96. The lowest BCUT2D eigenvalue weighted by atomic mass is 10.1. The van der Waals surface area contributed by atoms with E-state index in [0.717, 1.165) is 9.13 Å². The Kier molecular flexibility index (Phi) is 3.60. The van der Waals surface area contributed by atoms with Crippen molar-refractivity contribution in [3.8, 4) is 0 Å². The molecular weight excluding hydrogens is 315 g/mol. The van der Waals surface area contributed by atoms with Gasteiger partial charge in [-0.3, -0.25) is 4.68 Å². The molecule has 1 N–H and O–H groups in total. The fraction of sp³-hybridized carbons (Fsp3) is 0.250. The van der Waals surface area contributed by atoms with Gasteiger partial charge in [0.25, 0.3) is 0 Å².